The molecule has 0 aliphatic heterocycles. The Hall–Kier alpha value is -1.27. The van der Waals surface area contributed by atoms with E-state index in [2.05, 4.69) is 21.2 Å². The van der Waals surface area contributed by atoms with E-state index in [1.807, 2.05) is 0 Å². The van der Waals surface area contributed by atoms with E-state index >= 15 is 0 Å². The van der Waals surface area contributed by atoms with Crippen LogP contribution in [0.1, 0.15) is 28.3 Å². The zero-order valence-corrected chi connectivity index (χ0v) is 12.5. The van der Waals surface area contributed by atoms with Crippen molar-refractivity contribution in [3.05, 3.63) is 57.5 Å². The lowest BCUT2D eigenvalue weighted by atomic mass is 9.95. The van der Waals surface area contributed by atoms with Gasteiger partial charge in [-0.3, -0.25) is 0 Å². The second-order valence-electron chi connectivity index (χ2n) is 4.44. The van der Waals surface area contributed by atoms with E-state index in [0.717, 1.165) is 23.3 Å². The Kier molecular flexibility index (Phi) is 4.25. The van der Waals surface area contributed by atoms with Gasteiger partial charge in [0.25, 0.3) is 0 Å². The molecule has 108 valence electrons. The first-order chi connectivity index (χ1) is 9.34. The van der Waals surface area contributed by atoms with Gasteiger partial charge in [-0.05, 0) is 59.2 Å². The largest absolute Gasteiger partial charge is 0.457 e. The molecule has 1 unspecified atom stereocenters. The monoisotopic (exact) mass is 347 g/mol. The fourth-order valence-corrected chi connectivity index (χ4v) is 2.63. The number of halogens is 4. The standard InChI is InChI=1S/C14H13BrF3NO/c1-8-7-9(14(16,17)18)3-4-10(8)12(19-2)11-5-6-20-13(11)15/h3-7,12,19H,1-2H3. The van der Waals surface area contributed by atoms with Crippen LogP contribution in [-0.4, -0.2) is 7.05 Å². The average molecular weight is 348 g/mol. The van der Waals surface area contributed by atoms with E-state index in [-0.39, 0.29) is 6.04 Å². The third-order valence-corrected chi connectivity index (χ3v) is 3.80. The first-order valence-electron chi connectivity index (χ1n) is 5.92. The van der Waals surface area contributed by atoms with Crippen molar-refractivity contribution >= 4 is 15.9 Å². The number of benzene rings is 1. The second kappa shape index (κ2) is 5.61. The Morgan fingerprint density at radius 3 is 2.35 bits per heavy atom. The molecule has 2 aromatic rings. The highest BCUT2D eigenvalue weighted by molar-refractivity contribution is 9.10. The third-order valence-electron chi connectivity index (χ3n) is 3.15. The molecule has 0 fully saturated rings. The van der Waals surface area contributed by atoms with E-state index in [0.29, 0.717) is 10.2 Å². The Morgan fingerprint density at radius 1 is 1.20 bits per heavy atom. The minimum absolute atomic E-state index is 0.231. The maximum Gasteiger partial charge on any atom is 0.416 e. The number of hydrogen-bond acceptors (Lipinski definition) is 2. The maximum absolute atomic E-state index is 12.7. The molecule has 1 aromatic heterocycles. The number of alkyl halides is 3. The van der Waals surface area contributed by atoms with Crippen LogP contribution in [0.5, 0.6) is 0 Å². The van der Waals surface area contributed by atoms with Crippen LogP contribution in [-0.2, 0) is 6.18 Å². The van der Waals surface area contributed by atoms with Crippen LogP contribution in [0.25, 0.3) is 0 Å². The van der Waals surface area contributed by atoms with Crippen LogP contribution >= 0.6 is 15.9 Å². The van der Waals surface area contributed by atoms with Crippen molar-refractivity contribution in [2.24, 2.45) is 0 Å². The van der Waals surface area contributed by atoms with E-state index in [1.165, 1.54) is 12.3 Å². The molecule has 2 nitrogen and oxygen atoms in total. The lowest BCUT2D eigenvalue weighted by Crippen LogP contribution is -2.19. The number of nitrogens with one attached hydrogen (secondary N) is 1. The van der Waals surface area contributed by atoms with Gasteiger partial charge in [0, 0.05) is 5.56 Å². The van der Waals surface area contributed by atoms with Crippen molar-refractivity contribution in [3.8, 4) is 0 Å². The van der Waals surface area contributed by atoms with Gasteiger partial charge in [0.2, 0.25) is 0 Å². The van der Waals surface area contributed by atoms with Crippen molar-refractivity contribution in [1.29, 1.82) is 0 Å². The summed E-state index contributed by atoms with van der Waals surface area (Å²) in [6.45, 7) is 1.67. The molecule has 1 aromatic carbocycles. The fraction of sp³-hybridized carbons (Fsp3) is 0.286. The molecule has 0 bridgehead atoms. The van der Waals surface area contributed by atoms with Gasteiger partial charge in [0.1, 0.15) is 0 Å². The van der Waals surface area contributed by atoms with Crippen molar-refractivity contribution in [3.63, 3.8) is 0 Å². The Balaban J connectivity index is 2.44. The number of aryl methyl sites for hydroxylation is 1. The number of hydrogen-bond donors (Lipinski definition) is 1. The summed E-state index contributed by atoms with van der Waals surface area (Å²) in [5, 5.41) is 3.09. The van der Waals surface area contributed by atoms with Crippen LogP contribution in [0.4, 0.5) is 13.2 Å². The molecule has 0 spiro atoms. The number of furan rings is 1. The summed E-state index contributed by atoms with van der Waals surface area (Å²) in [5.74, 6) is 0. The summed E-state index contributed by atoms with van der Waals surface area (Å²) in [6, 6.07) is 5.31. The highest BCUT2D eigenvalue weighted by Gasteiger charge is 2.31. The lowest BCUT2D eigenvalue weighted by molar-refractivity contribution is -0.137. The molecule has 0 saturated carbocycles. The maximum atomic E-state index is 12.7. The minimum Gasteiger partial charge on any atom is -0.457 e. The summed E-state index contributed by atoms with van der Waals surface area (Å²) >= 11 is 3.29. The number of rotatable bonds is 3. The van der Waals surface area contributed by atoms with Crippen molar-refractivity contribution in [1.82, 2.24) is 5.32 Å². The molecule has 0 radical (unpaired) electrons. The summed E-state index contributed by atoms with van der Waals surface area (Å²) in [7, 11) is 1.75. The van der Waals surface area contributed by atoms with Crippen LogP contribution in [0.2, 0.25) is 0 Å². The summed E-state index contributed by atoms with van der Waals surface area (Å²) < 4.78 is 43.8. The molecule has 1 N–H and O–H groups in total. The summed E-state index contributed by atoms with van der Waals surface area (Å²) in [6.07, 6.45) is -2.79. The van der Waals surface area contributed by atoms with E-state index in [4.69, 9.17) is 4.42 Å². The van der Waals surface area contributed by atoms with Crippen molar-refractivity contribution in [2.45, 2.75) is 19.1 Å². The van der Waals surface area contributed by atoms with E-state index in [9.17, 15) is 13.2 Å². The predicted molar refractivity (Wildman–Crippen MR) is 73.5 cm³/mol. The quantitative estimate of drug-likeness (QED) is 0.872. The minimum atomic E-state index is -4.32. The van der Waals surface area contributed by atoms with Gasteiger partial charge in [-0.2, -0.15) is 13.2 Å². The third kappa shape index (κ3) is 2.91. The first-order valence-corrected chi connectivity index (χ1v) is 6.71. The molecular formula is C14H13BrF3NO. The molecule has 0 aliphatic carbocycles. The average Bonchev–Trinajstić information content (AvgIpc) is 2.77. The van der Waals surface area contributed by atoms with Crippen molar-refractivity contribution < 1.29 is 17.6 Å². The van der Waals surface area contributed by atoms with E-state index < -0.39 is 11.7 Å². The van der Waals surface area contributed by atoms with Gasteiger partial charge in [-0.25, -0.2) is 0 Å². The van der Waals surface area contributed by atoms with Gasteiger partial charge in [0.05, 0.1) is 17.9 Å². The van der Waals surface area contributed by atoms with Gasteiger partial charge in [0.15, 0.2) is 4.67 Å². The lowest BCUT2D eigenvalue weighted by Gasteiger charge is -2.19. The molecule has 0 amide bonds. The van der Waals surface area contributed by atoms with Gasteiger partial charge in [-0.1, -0.05) is 6.07 Å². The Bertz CT molecular complexity index is 607. The summed E-state index contributed by atoms with van der Waals surface area (Å²) in [4.78, 5) is 0. The molecule has 1 atom stereocenters. The molecule has 6 heteroatoms. The Labute approximate surface area is 123 Å². The molecule has 1 heterocycles. The first kappa shape index (κ1) is 15.1. The van der Waals surface area contributed by atoms with Crippen LogP contribution in [0, 0.1) is 6.92 Å². The highest BCUT2D eigenvalue weighted by atomic mass is 79.9. The van der Waals surface area contributed by atoms with Crippen LogP contribution in [0.15, 0.2) is 39.6 Å². The summed E-state index contributed by atoms with van der Waals surface area (Å²) in [5.41, 5.74) is 1.56. The van der Waals surface area contributed by atoms with Crippen LogP contribution < -0.4 is 5.32 Å². The van der Waals surface area contributed by atoms with Gasteiger partial charge >= 0.3 is 6.18 Å². The van der Waals surface area contributed by atoms with Gasteiger partial charge in [-0.15, -0.1) is 0 Å². The van der Waals surface area contributed by atoms with Crippen LogP contribution in [0.3, 0.4) is 0 Å². The SMILES string of the molecule is CNC(c1ccc(C(F)(F)F)cc1C)c1ccoc1Br. The topological polar surface area (TPSA) is 25.2 Å². The molecule has 2 rings (SSSR count). The highest BCUT2D eigenvalue weighted by Crippen LogP contribution is 2.34. The van der Waals surface area contributed by atoms with Gasteiger partial charge < -0.3 is 9.73 Å². The zero-order chi connectivity index (χ0) is 14.9. The molecule has 0 aliphatic rings. The second-order valence-corrected chi connectivity index (χ2v) is 5.16. The molecule has 0 saturated heterocycles. The Morgan fingerprint density at radius 2 is 1.90 bits per heavy atom. The van der Waals surface area contributed by atoms with Crippen molar-refractivity contribution in [2.75, 3.05) is 7.05 Å². The fourth-order valence-electron chi connectivity index (χ4n) is 2.16. The smallest absolute Gasteiger partial charge is 0.416 e. The normalized spacial score (nSPS) is 13.5. The zero-order valence-electron chi connectivity index (χ0n) is 10.9. The molecular weight excluding hydrogens is 335 g/mol. The predicted octanol–water partition coefficient (Wildman–Crippen LogP) is 4.68. The molecule has 20 heavy (non-hydrogen) atoms. The van der Waals surface area contributed by atoms with E-state index in [1.54, 1.807) is 20.0 Å².